The molecular formula is C8H12ClRh. The van der Waals surface area contributed by atoms with Crippen LogP contribution in [-0.2, 0) is 18.3 Å². The maximum atomic E-state index is 3.02. The first-order chi connectivity index (χ1) is 4.39. The zero-order valence-electron chi connectivity index (χ0n) is 5.75. The summed E-state index contributed by atoms with van der Waals surface area (Å²) in [6, 6.07) is 0. The fourth-order valence-electron chi connectivity index (χ4n) is 0.872. The van der Waals surface area contributed by atoms with E-state index in [9.17, 15) is 0 Å². The molecule has 0 nitrogen and oxygen atoms in total. The van der Waals surface area contributed by atoms with Gasteiger partial charge >= 0.3 is 66.4 Å². The van der Waals surface area contributed by atoms with Crippen molar-refractivity contribution in [2.75, 3.05) is 0 Å². The van der Waals surface area contributed by atoms with Crippen molar-refractivity contribution in [1.82, 2.24) is 0 Å². The van der Waals surface area contributed by atoms with Gasteiger partial charge in [0.05, 0.1) is 0 Å². The molecule has 0 aromatic heterocycles. The van der Waals surface area contributed by atoms with Crippen LogP contribution in [0.25, 0.3) is 0 Å². The Bertz CT molecular complexity index is 129. The van der Waals surface area contributed by atoms with E-state index in [1.54, 1.807) is 0 Å². The molecule has 0 heterocycles. The van der Waals surface area contributed by atoms with Crippen LogP contribution in [0.1, 0.15) is 19.3 Å². The van der Waals surface area contributed by atoms with Crippen molar-refractivity contribution in [1.29, 1.82) is 0 Å². The Morgan fingerprint density at radius 3 is 2.90 bits per heavy atom. The standard InChI is InChI=1S/C8H11.ClH.Rh/c1-2-4-6-8-7-5-3-1;;/h1-5H,6-8H2;1H;. The quantitative estimate of drug-likeness (QED) is 0.576. The van der Waals surface area contributed by atoms with Crippen LogP contribution in [0.2, 0.25) is 4.51 Å². The van der Waals surface area contributed by atoms with E-state index < -0.39 is 0 Å². The monoisotopic (exact) mass is 246 g/mol. The van der Waals surface area contributed by atoms with E-state index in [1.165, 1.54) is 19.3 Å². The second-order valence-electron chi connectivity index (χ2n) is 2.23. The Labute approximate surface area is 78.9 Å². The second kappa shape index (κ2) is 6.13. The predicted octanol–water partition coefficient (Wildman–Crippen LogP) is 3.04. The van der Waals surface area contributed by atoms with Gasteiger partial charge in [0.2, 0.25) is 0 Å². The molecule has 0 N–H and O–H groups in total. The molecule has 0 saturated carbocycles. The van der Waals surface area contributed by atoms with Crippen LogP contribution in [-0.4, -0.2) is 0 Å². The average Bonchev–Trinajstić information content (AvgIpc) is 1.79. The summed E-state index contributed by atoms with van der Waals surface area (Å²) in [5.74, 6) is 0. The summed E-state index contributed by atoms with van der Waals surface area (Å²) in [7, 11) is 0. The Morgan fingerprint density at radius 2 is 2.10 bits per heavy atom. The Kier molecular flexibility index (Phi) is 6.37. The van der Waals surface area contributed by atoms with E-state index in [0.717, 1.165) is 0 Å². The number of allylic oxidation sites excluding steroid dienone is 4. The van der Waals surface area contributed by atoms with Gasteiger partial charge in [-0.2, -0.15) is 0 Å². The van der Waals surface area contributed by atoms with Gasteiger partial charge in [-0.25, -0.2) is 0 Å². The summed E-state index contributed by atoms with van der Waals surface area (Å²) in [6.07, 6.45) is 12.6. The van der Waals surface area contributed by atoms with Crippen molar-refractivity contribution >= 4 is 12.4 Å². The molecule has 0 aromatic carbocycles. The van der Waals surface area contributed by atoms with E-state index in [2.05, 4.69) is 42.6 Å². The molecular weight excluding hydrogens is 234 g/mol. The van der Waals surface area contributed by atoms with Gasteiger partial charge in [0.25, 0.3) is 0 Å². The normalized spacial score (nSPS) is 24.8. The average molecular weight is 247 g/mol. The van der Waals surface area contributed by atoms with Crippen molar-refractivity contribution in [3.05, 3.63) is 24.3 Å². The van der Waals surface area contributed by atoms with Gasteiger partial charge in [-0.15, -0.1) is 12.4 Å². The van der Waals surface area contributed by atoms with Crippen LogP contribution in [0.3, 0.4) is 0 Å². The SMILES string of the molecule is Cl.[Rh][CH]1C=CC=CCCC1. The molecule has 1 aliphatic rings. The molecule has 0 spiro atoms. The molecule has 1 aliphatic carbocycles. The van der Waals surface area contributed by atoms with Crippen molar-refractivity contribution in [2.45, 2.75) is 23.8 Å². The van der Waals surface area contributed by atoms with Crippen molar-refractivity contribution in [3.8, 4) is 0 Å². The number of halogens is 1. The van der Waals surface area contributed by atoms with Gasteiger partial charge in [0, 0.05) is 0 Å². The summed E-state index contributed by atoms with van der Waals surface area (Å²) in [5, 5.41) is 0. The molecule has 0 fully saturated rings. The summed E-state index contributed by atoms with van der Waals surface area (Å²) >= 11 is 3.02. The van der Waals surface area contributed by atoms with Crippen LogP contribution >= 0.6 is 12.4 Å². The fraction of sp³-hybridized carbons (Fsp3) is 0.500. The first kappa shape index (κ1) is 10.4. The van der Waals surface area contributed by atoms with Gasteiger partial charge in [-0.3, -0.25) is 0 Å². The van der Waals surface area contributed by atoms with Gasteiger partial charge < -0.3 is 0 Å². The zero-order valence-corrected chi connectivity index (χ0v) is 8.20. The van der Waals surface area contributed by atoms with Crippen molar-refractivity contribution in [3.63, 3.8) is 0 Å². The third kappa shape index (κ3) is 4.25. The summed E-state index contributed by atoms with van der Waals surface area (Å²) in [4.78, 5) is 0. The first-order valence-electron chi connectivity index (χ1n) is 3.34. The molecule has 0 amide bonds. The molecule has 0 saturated heterocycles. The van der Waals surface area contributed by atoms with Crippen LogP contribution in [0, 0.1) is 0 Å². The third-order valence-electron chi connectivity index (χ3n) is 1.40. The maximum absolute atomic E-state index is 3.02. The van der Waals surface area contributed by atoms with Gasteiger partial charge in [-0.05, 0) is 0 Å². The molecule has 1 unspecified atom stereocenters. The predicted molar refractivity (Wildman–Crippen MR) is 43.1 cm³/mol. The Balaban J connectivity index is 0.000000810. The molecule has 0 radical (unpaired) electrons. The Morgan fingerprint density at radius 1 is 1.30 bits per heavy atom. The number of hydrogen-bond donors (Lipinski definition) is 0. The van der Waals surface area contributed by atoms with Crippen molar-refractivity contribution < 1.29 is 18.3 Å². The zero-order chi connectivity index (χ0) is 6.53. The van der Waals surface area contributed by atoms with Crippen LogP contribution in [0.4, 0.5) is 0 Å². The summed E-state index contributed by atoms with van der Waals surface area (Å²) in [5.41, 5.74) is 0. The first-order valence-corrected chi connectivity index (χ1v) is 4.29. The fourth-order valence-corrected chi connectivity index (χ4v) is 1.39. The van der Waals surface area contributed by atoms with Gasteiger partial charge in [-0.1, -0.05) is 0 Å². The Hall–Kier alpha value is 0.393. The van der Waals surface area contributed by atoms with Crippen LogP contribution in [0.5, 0.6) is 0 Å². The minimum absolute atomic E-state index is 0. The topological polar surface area (TPSA) is 0 Å². The summed E-state index contributed by atoms with van der Waals surface area (Å²) in [6.45, 7) is 0. The van der Waals surface area contributed by atoms with Gasteiger partial charge in [0.1, 0.15) is 0 Å². The molecule has 2 heteroatoms. The van der Waals surface area contributed by atoms with E-state index in [0.29, 0.717) is 4.51 Å². The van der Waals surface area contributed by atoms with Crippen LogP contribution in [0.15, 0.2) is 24.3 Å². The molecule has 1 rings (SSSR count). The minimum atomic E-state index is 0. The molecule has 0 aromatic rings. The molecule has 0 bridgehead atoms. The van der Waals surface area contributed by atoms with E-state index in [1.807, 2.05) is 0 Å². The van der Waals surface area contributed by atoms with E-state index in [4.69, 9.17) is 0 Å². The van der Waals surface area contributed by atoms with Crippen LogP contribution < -0.4 is 0 Å². The third-order valence-corrected chi connectivity index (χ3v) is 2.18. The molecule has 0 aliphatic heterocycles. The van der Waals surface area contributed by atoms with Crippen molar-refractivity contribution in [2.24, 2.45) is 0 Å². The molecule has 1 atom stereocenters. The summed E-state index contributed by atoms with van der Waals surface area (Å²) < 4.78 is 0.677. The second-order valence-corrected chi connectivity index (χ2v) is 3.44. The molecule has 60 valence electrons. The van der Waals surface area contributed by atoms with E-state index in [-0.39, 0.29) is 12.4 Å². The number of rotatable bonds is 0. The number of hydrogen-bond acceptors (Lipinski definition) is 0. The van der Waals surface area contributed by atoms with Gasteiger partial charge in [0.15, 0.2) is 0 Å². The van der Waals surface area contributed by atoms with E-state index >= 15 is 0 Å². The molecule has 10 heavy (non-hydrogen) atoms.